The zero-order chi connectivity index (χ0) is 14.5. The van der Waals surface area contributed by atoms with Crippen molar-refractivity contribution in [2.45, 2.75) is 45.6 Å². The predicted molar refractivity (Wildman–Crippen MR) is 80.8 cm³/mol. The maximum Gasteiger partial charge on any atom is 0.269 e. The molecule has 0 spiro atoms. The second kappa shape index (κ2) is 6.84. The van der Waals surface area contributed by atoms with Crippen LogP contribution in [0, 0.1) is 22.0 Å². The van der Waals surface area contributed by atoms with Crippen LogP contribution in [0.3, 0.4) is 0 Å². The first-order valence-corrected chi connectivity index (χ1v) is 7.53. The third kappa shape index (κ3) is 4.04. The molecular formula is C16H24N2O2. The van der Waals surface area contributed by atoms with Gasteiger partial charge >= 0.3 is 0 Å². The van der Waals surface area contributed by atoms with Gasteiger partial charge in [0.1, 0.15) is 0 Å². The van der Waals surface area contributed by atoms with E-state index < -0.39 is 0 Å². The lowest BCUT2D eigenvalue weighted by Crippen LogP contribution is -2.37. The van der Waals surface area contributed by atoms with E-state index in [-0.39, 0.29) is 10.6 Å². The Balaban J connectivity index is 1.74. The first-order chi connectivity index (χ1) is 9.56. The number of rotatable bonds is 5. The molecule has 20 heavy (non-hydrogen) atoms. The van der Waals surface area contributed by atoms with E-state index in [1.165, 1.54) is 19.3 Å². The minimum absolute atomic E-state index is 0.164. The van der Waals surface area contributed by atoms with Crippen molar-refractivity contribution in [2.75, 3.05) is 6.54 Å². The first kappa shape index (κ1) is 15.0. The minimum atomic E-state index is -0.355. The van der Waals surface area contributed by atoms with E-state index in [1.54, 1.807) is 12.1 Å². The molecule has 4 heteroatoms. The zero-order valence-corrected chi connectivity index (χ0v) is 12.3. The molecule has 0 amide bonds. The molecule has 1 saturated carbocycles. The van der Waals surface area contributed by atoms with Crippen molar-refractivity contribution in [1.82, 2.24) is 5.32 Å². The Bertz CT molecular complexity index is 444. The van der Waals surface area contributed by atoms with Crippen molar-refractivity contribution in [3.63, 3.8) is 0 Å². The van der Waals surface area contributed by atoms with Crippen LogP contribution < -0.4 is 5.32 Å². The molecule has 2 rings (SSSR count). The van der Waals surface area contributed by atoms with Gasteiger partial charge in [0, 0.05) is 18.2 Å². The Labute approximate surface area is 120 Å². The maximum atomic E-state index is 10.6. The molecule has 3 atom stereocenters. The summed E-state index contributed by atoms with van der Waals surface area (Å²) in [5.74, 6) is 1.66. The molecule has 1 aromatic rings. The molecule has 1 fully saturated rings. The van der Waals surface area contributed by atoms with Crippen molar-refractivity contribution >= 4 is 5.69 Å². The van der Waals surface area contributed by atoms with Crippen molar-refractivity contribution in [3.05, 3.63) is 39.9 Å². The number of nitro groups is 1. The number of nitro benzene ring substituents is 1. The van der Waals surface area contributed by atoms with E-state index >= 15 is 0 Å². The van der Waals surface area contributed by atoms with Gasteiger partial charge in [0.2, 0.25) is 0 Å². The summed E-state index contributed by atoms with van der Waals surface area (Å²) in [5, 5.41) is 14.2. The molecule has 1 aliphatic rings. The van der Waals surface area contributed by atoms with Crippen molar-refractivity contribution in [2.24, 2.45) is 11.8 Å². The van der Waals surface area contributed by atoms with Gasteiger partial charge in [0.05, 0.1) is 4.92 Å². The third-order valence-corrected chi connectivity index (χ3v) is 4.59. The van der Waals surface area contributed by atoms with E-state index in [1.807, 2.05) is 12.1 Å². The average Bonchev–Trinajstić information content (AvgIpc) is 2.43. The van der Waals surface area contributed by atoms with Crippen LogP contribution in [0.2, 0.25) is 0 Å². The van der Waals surface area contributed by atoms with Gasteiger partial charge in [-0.1, -0.05) is 26.0 Å². The maximum absolute atomic E-state index is 10.6. The Hall–Kier alpha value is -1.42. The average molecular weight is 276 g/mol. The summed E-state index contributed by atoms with van der Waals surface area (Å²) in [6.45, 7) is 5.64. The second-order valence-electron chi connectivity index (χ2n) is 6.09. The normalized spacial score (nSPS) is 26.4. The molecule has 1 aromatic carbocycles. The Morgan fingerprint density at radius 1 is 1.20 bits per heavy atom. The molecular weight excluding hydrogens is 252 g/mol. The van der Waals surface area contributed by atoms with Gasteiger partial charge in [-0.2, -0.15) is 0 Å². The molecule has 0 aliphatic heterocycles. The topological polar surface area (TPSA) is 55.2 Å². The van der Waals surface area contributed by atoms with Gasteiger partial charge in [-0.25, -0.2) is 0 Å². The van der Waals surface area contributed by atoms with Crippen molar-refractivity contribution < 1.29 is 4.92 Å². The second-order valence-corrected chi connectivity index (χ2v) is 6.09. The standard InChI is InChI=1S/C16H24N2O2/c1-12-3-6-15(11-13(12)2)17-10-9-14-4-7-16(8-5-14)18(19)20/h4-5,7-8,12-13,15,17H,3,6,9-11H2,1-2H3. The lowest BCUT2D eigenvalue weighted by atomic mass is 9.79. The van der Waals surface area contributed by atoms with Crippen LogP contribution >= 0.6 is 0 Å². The number of non-ortho nitro benzene ring substituents is 1. The molecule has 0 aromatic heterocycles. The molecule has 0 radical (unpaired) electrons. The summed E-state index contributed by atoms with van der Waals surface area (Å²) in [4.78, 5) is 10.2. The van der Waals surface area contributed by atoms with Crippen molar-refractivity contribution in [1.29, 1.82) is 0 Å². The number of hydrogen-bond donors (Lipinski definition) is 1. The summed E-state index contributed by atoms with van der Waals surface area (Å²) >= 11 is 0. The number of nitrogens with one attached hydrogen (secondary N) is 1. The molecule has 110 valence electrons. The smallest absolute Gasteiger partial charge is 0.269 e. The molecule has 0 heterocycles. The predicted octanol–water partition coefficient (Wildman–Crippen LogP) is 3.55. The summed E-state index contributed by atoms with van der Waals surface area (Å²) in [7, 11) is 0. The van der Waals surface area contributed by atoms with E-state index in [2.05, 4.69) is 19.2 Å². The Morgan fingerprint density at radius 3 is 2.50 bits per heavy atom. The minimum Gasteiger partial charge on any atom is -0.314 e. The van der Waals surface area contributed by atoms with Gasteiger partial charge in [-0.3, -0.25) is 10.1 Å². The van der Waals surface area contributed by atoms with E-state index in [4.69, 9.17) is 0 Å². The Kier molecular flexibility index (Phi) is 5.12. The molecule has 1 N–H and O–H groups in total. The van der Waals surface area contributed by atoms with Crippen molar-refractivity contribution in [3.8, 4) is 0 Å². The number of hydrogen-bond acceptors (Lipinski definition) is 3. The third-order valence-electron chi connectivity index (χ3n) is 4.59. The van der Waals surface area contributed by atoms with Crippen LogP contribution in [0.4, 0.5) is 5.69 Å². The van der Waals surface area contributed by atoms with E-state index in [0.29, 0.717) is 6.04 Å². The lowest BCUT2D eigenvalue weighted by molar-refractivity contribution is -0.384. The number of nitrogens with zero attached hydrogens (tertiary/aromatic N) is 1. The quantitative estimate of drug-likeness (QED) is 0.661. The fraction of sp³-hybridized carbons (Fsp3) is 0.625. The molecule has 0 bridgehead atoms. The summed E-state index contributed by atoms with van der Waals surface area (Å²) in [6.07, 6.45) is 4.78. The molecule has 0 saturated heterocycles. The van der Waals surface area contributed by atoms with E-state index in [9.17, 15) is 10.1 Å². The lowest BCUT2D eigenvalue weighted by Gasteiger charge is -2.32. The van der Waals surface area contributed by atoms with Crippen LogP contribution in [0.5, 0.6) is 0 Å². The molecule has 4 nitrogen and oxygen atoms in total. The fourth-order valence-corrected chi connectivity index (χ4v) is 2.94. The monoisotopic (exact) mass is 276 g/mol. The Morgan fingerprint density at radius 2 is 1.90 bits per heavy atom. The molecule has 3 unspecified atom stereocenters. The van der Waals surface area contributed by atoms with Gasteiger partial charge in [0.15, 0.2) is 0 Å². The zero-order valence-electron chi connectivity index (χ0n) is 12.3. The van der Waals surface area contributed by atoms with Crippen LogP contribution in [0.15, 0.2) is 24.3 Å². The number of benzene rings is 1. The van der Waals surface area contributed by atoms with Crippen LogP contribution in [-0.2, 0) is 6.42 Å². The van der Waals surface area contributed by atoms with Gasteiger partial charge in [0.25, 0.3) is 5.69 Å². The highest BCUT2D eigenvalue weighted by atomic mass is 16.6. The van der Waals surface area contributed by atoms with E-state index in [0.717, 1.165) is 30.4 Å². The fourth-order valence-electron chi connectivity index (χ4n) is 2.94. The first-order valence-electron chi connectivity index (χ1n) is 7.53. The molecule has 1 aliphatic carbocycles. The highest BCUT2D eigenvalue weighted by molar-refractivity contribution is 5.32. The summed E-state index contributed by atoms with van der Waals surface area (Å²) in [6, 6.07) is 7.51. The van der Waals surface area contributed by atoms with Crippen LogP contribution in [0.25, 0.3) is 0 Å². The van der Waals surface area contributed by atoms with Gasteiger partial charge in [-0.15, -0.1) is 0 Å². The highest BCUT2D eigenvalue weighted by Crippen LogP contribution is 2.29. The van der Waals surface area contributed by atoms with Crippen LogP contribution in [0.1, 0.15) is 38.7 Å². The van der Waals surface area contributed by atoms with Crippen LogP contribution in [-0.4, -0.2) is 17.5 Å². The summed E-state index contributed by atoms with van der Waals surface area (Å²) < 4.78 is 0. The SMILES string of the molecule is CC1CCC(NCCc2ccc([N+](=O)[O-])cc2)CC1C. The van der Waals surface area contributed by atoms with Gasteiger partial charge in [-0.05, 0) is 49.6 Å². The highest BCUT2D eigenvalue weighted by Gasteiger charge is 2.23. The van der Waals surface area contributed by atoms with Gasteiger partial charge < -0.3 is 5.32 Å². The summed E-state index contributed by atoms with van der Waals surface area (Å²) in [5.41, 5.74) is 1.32. The largest absolute Gasteiger partial charge is 0.314 e.